The van der Waals surface area contributed by atoms with Gasteiger partial charge in [-0.3, -0.25) is 19.7 Å². The molecule has 0 aliphatic carbocycles. The average Bonchev–Trinajstić information content (AvgIpc) is 2.70. The monoisotopic (exact) mass is 375 g/mol. The summed E-state index contributed by atoms with van der Waals surface area (Å²) in [6, 6.07) is 19.3. The van der Waals surface area contributed by atoms with Crippen molar-refractivity contribution >= 4 is 28.9 Å². The summed E-state index contributed by atoms with van der Waals surface area (Å²) in [5.74, 6) is -0.913. The van der Waals surface area contributed by atoms with Gasteiger partial charge in [-0.25, -0.2) is 0 Å². The van der Waals surface area contributed by atoms with Gasteiger partial charge in [0.05, 0.1) is 16.2 Å². The van der Waals surface area contributed by atoms with Gasteiger partial charge in [0.15, 0.2) is 0 Å². The first kappa shape index (κ1) is 18.8. The highest BCUT2D eigenvalue weighted by Crippen LogP contribution is 2.21. The molecule has 3 rings (SSSR count). The van der Waals surface area contributed by atoms with Crippen LogP contribution in [0.1, 0.15) is 26.3 Å². The number of nitrogens with zero attached hydrogens (tertiary/aromatic N) is 1. The third kappa shape index (κ3) is 4.21. The van der Waals surface area contributed by atoms with Gasteiger partial charge >= 0.3 is 0 Å². The predicted octanol–water partition coefficient (Wildman–Crippen LogP) is 4.41. The molecule has 0 saturated heterocycles. The van der Waals surface area contributed by atoms with Crippen molar-refractivity contribution in [1.29, 1.82) is 0 Å². The molecule has 3 aromatic carbocycles. The molecule has 28 heavy (non-hydrogen) atoms. The van der Waals surface area contributed by atoms with Crippen LogP contribution in [0.5, 0.6) is 0 Å². The molecule has 0 aliphatic heterocycles. The quantitative estimate of drug-likeness (QED) is 0.509. The fourth-order valence-corrected chi connectivity index (χ4v) is 2.65. The molecular weight excluding hydrogens is 358 g/mol. The summed E-state index contributed by atoms with van der Waals surface area (Å²) >= 11 is 0. The van der Waals surface area contributed by atoms with Crippen LogP contribution in [-0.4, -0.2) is 16.7 Å². The fourth-order valence-electron chi connectivity index (χ4n) is 2.65. The zero-order valence-electron chi connectivity index (χ0n) is 15.0. The lowest BCUT2D eigenvalue weighted by atomic mass is 10.1. The molecule has 0 heterocycles. The molecule has 3 aromatic rings. The first-order valence-corrected chi connectivity index (χ1v) is 8.47. The van der Waals surface area contributed by atoms with Gasteiger partial charge in [-0.05, 0) is 36.8 Å². The molecule has 7 heteroatoms. The third-order valence-corrected chi connectivity index (χ3v) is 4.13. The van der Waals surface area contributed by atoms with Crippen LogP contribution in [0.3, 0.4) is 0 Å². The van der Waals surface area contributed by atoms with Gasteiger partial charge in [0.1, 0.15) is 0 Å². The number of benzene rings is 3. The van der Waals surface area contributed by atoms with Crippen molar-refractivity contribution in [3.8, 4) is 0 Å². The topological polar surface area (TPSA) is 101 Å². The van der Waals surface area contributed by atoms with Gasteiger partial charge in [0.25, 0.3) is 17.5 Å². The second-order valence-electron chi connectivity index (χ2n) is 6.08. The van der Waals surface area contributed by atoms with Gasteiger partial charge in [-0.2, -0.15) is 0 Å². The van der Waals surface area contributed by atoms with Crippen LogP contribution < -0.4 is 10.6 Å². The van der Waals surface area contributed by atoms with Crippen molar-refractivity contribution in [3.63, 3.8) is 0 Å². The van der Waals surface area contributed by atoms with Crippen molar-refractivity contribution in [3.05, 3.63) is 99.6 Å². The number of nitrogens with one attached hydrogen (secondary N) is 2. The lowest BCUT2D eigenvalue weighted by Crippen LogP contribution is -2.18. The van der Waals surface area contributed by atoms with E-state index in [0.717, 1.165) is 5.56 Å². The number of anilines is 2. The number of rotatable bonds is 5. The third-order valence-electron chi connectivity index (χ3n) is 4.13. The Hall–Kier alpha value is -4.00. The number of carbonyl (C=O) groups is 2. The summed E-state index contributed by atoms with van der Waals surface area (Å²) in [5, 5.41) is 16.4. The average molecular weight is 375 g/mol. The van der Waals surface area contributed by atoms with E-state index in [1.165, 1.54) is 24.3 Å². The van der Waals surface area contributed by atoms with Gasteiger partial charge in [-0.1, -0.05) is 36.4 Å². The Labute approximate surface area is 161 Å². The number of para-hydroxylation sites is 2. The molecule has 0 fully saturated rings. The Morgan fingerprint density at radius 3 is 2.18 bits per heavy atom. The highest BCUT2D eigenvalue weighted by molar-refractivity contribution is 6.12. The van der Waals surface area contributed by atoms with E-state index in [1.54, 1.807) is 30.3 Å². The second kappa shape index (κ2) is 8.13. The normalized spacial score (nSPS) is 10.2. The van der Waals surface area contributed by atoms with Gasteiger partial charge in [0, 0.05) is 23.4 Å². The van der Waals surface area contributed by atoms with E-state index in [-0.39, 0.29) is 22.7 Å². The Morgan fingerprint density at radius 1 is 0.821 bits per heavy atom. The van der Waals surface area contributed by atoms with Crippen molar-refractivity contribution < 1.29 is 14.5 Å². The SMILES string of the molecule is Cc1ccccc1NC(=O)c1ccccc1NC(=O)c1cccc([N+](=O)[O-])c1. The molecule has 0 aromatic heterocycles. The molecular formula is C21H17N3O4. The van der Waals surface area contributed by atoms with Crippen LogP contribution in [0, 0.1) is 17.0 Å². The molecule has 2 N–H and O–H groups in total. The lowest BCUT2D eigenvalue weighted by Gasteiger charge is -2.12. The van der Waals surface area contributed by atoms with E-state index in [2.05, 4.69) is 10.6 Å². The van der Waals surface area contributed by atoms with Gasteiger partial charge in [-0.15, -0.1) is 0 Å². The highest BCUT2D eigenvalue weighted by Gasteiger charge is 2.16. The highest BCUT2D eigenvalue weighted by atomic mass is 16.6. The fraction of sp³-hybridized carbons (Fsp3) is 0.0476. The number of nitro benzene ring substituents is 1. The molecule has 2 amide bonds. The largest absolute Gasteiger partial charge is 0.322 e. The number of hydrogen-bond donors (Lipinski definition) is 2. The van der Waals surface area contributed by atoms with Crippen molar-refractivity contribution in [2.24, 2.45) is 0 Å². The van der Waals surface area contributed by atoms with Crippen molar-refractivity contribution in [2.45, 2.75) is 6.92 Å². The van der Waals surface area contributed by atoms with Crippen LogP contribution >= 0.6 is 0 Å². The van der Waals surface area contributed by atoms with E-state index < -0.39 is 10.8 Å². The lowest BCUT2D eigenvalue weighted by molar-refractivity contribution is -0.384. The van der Waals surface area contributed by atoms with Gasteiger partial charge < -0.3 is 10.6 Å². The predicted molar refractivity (Wildman–Crippen MR) is 107 cm³/mol. The molecule has 0 saturated carbocycles. The molecule has 0 aliphatic rings. The van der Waals surface area contributed by atoms with E-state index in [1.807, 2.05) is 25.1 Å². The second-order valence-corrected chi connectivity index (χ2v) is 6.08. The minimum Gasteiger partial charge on any atom is -0.322 e. The summed E-state index contributed by atoms with van der Waals surface area (Å²) in [5.41, 5.74) is 2.12. The number of non-ortho nitro benzene ring substituents is 1. The van der Waals surface area contributed by atoms with Crippen LogP contribution in [0.2, 0.25) is 0 Å². The van der Waals surface area contributed by atoms with E-state index in [0.29, 0.717) is 11.4 Å². The number of carbonyl (C=O) groups excluding carboxylic acids is 2. The zero-order valence-corrected chi connectivity index (χ0v) is 15.0. The molecule has 0 atom stereocenters. The maximum Gasteiger partial charge on any atom is 0.270 e. The zero-order chi connectivity index (χ0) is 20.1. The molecule has 0 bridgehead atoms. The summed E-state index contributed by atoms with van der Waals surface area (Å²) in [6.45, 7) is 1.88. The summed E-state index contributed by atoms with van der Waals surface area (Å²) in [7, 11) is 0. The molecule has 7 nitrogen and oxygen atoms in total. The van der Waals surface area contributed by atoms with Gasteiger partial charge in [0.2, 0.25) is 0 Å². The van der Waals surface area contributed by atoms with Crippen LogP contribution in [0.25, 0.3) is 0 Å². The van der Waals surface area contributed by atoms with E-state index in [9.17, 15) is 19.7 Å². The maximum atomic E-state index is 12.7. The number of nitro groups is 1. The minimum atomic E-state index is -0.569. The Balaban J connectivity index is 1.83. The molecule has 0 unspecified atom stereocenters. The van der Waals surface area contributed by atoms with Crippen molar-refractivity contribution in [1.82, 2.24) is 0 Å². The standard InChI is InChI=1S/C21H17N3O4/c1-14-7-2-4-11-18(14)22-21(26)17-10-3-5-12-19(17)23-20(25)15-8-6-9-16(13-15)24(27)28/h2-13H,1H3,(H,22,26)(H,23,25). The molecule has 0 spiro atoms. The summed E-state index contributed by atoms with van der Waals surface area (Å²) < 4.78 is 0. The maximum absolute atomic E-state index is 12.7. The van der Waals surface area contributed by atoms with Crippen LogP contribution in [-0.2, 0) is 0 Å². The first-order valence-electron chi connectivity index (χ1n) is 8.47. The summed E-state index contributed by atoms with van der Waals surface area (Å²) in [6.07, 6.45) is 0. The molecule has 140 valence electrons. The minimum absolute atomic E-state index is 0.128. The Kier molecular flexibility index (Phi) is 5.45. The molecule has 0 radical (unpaired) electrons. The number of aryl methyl sites for hydroxylation is 1. The number of amides is 2. The van der Waals surface area contributed by atoms with Crippen LogP contribution in [0.15, 0.2) is 72.8 Å². The van der Waals surface area contributed by atoms with E-state index >= 15 is 0 Å². The number of hydrogen-bond acceptors (Lipinski definition) is 4. The Bertz CT molecular complexity index is 1060. The van der Waals surface area contributed by atoms with Crippen molar-refractivity contribution in [2.75, 3.05) is 10.6 Å². The first-order chi connectivity index (χ1) is 13.5. The van der Waals surface area contributed by atoms with E-state index in [4.69, 9.17) is 0 Å². The Morgan fingerprint density at radius 2 is 1.46 bits per heavy atom. The summed E-state index contributed by atoms with van der Waals surface area (Å²) in [4.78, 5) is 35.5. The van der Waals surface area contributed by atoms with Crippen LogP contribution in [0.4, 0.5) is 17.1 Å². The smallest absolute Gasteiger partial charge is 0.270 e.